The van der Waals surface area contributed by atoms with Crippen molar-refractivity contribution in [3.8, 4) is 0 Å². The molecule has 3 heteroatoms. The highest BCUT2D eigenvalue weighted by Gasteiger charge is 2.21. The van der Waals surface area contributed by atoms with E-state index in [4.69, 9.17) is 0 Å². The Morgan fingerprint density at radius 2 is 2.21 bits per heavy atom. The van der Waals surface area contributed by atoms with Crippen LogP contribution in [0.1, 0.15) is 32.8 Å². The van der Waals surface area contributed by atoms with Gasteiger partial charge in [0.2, 0.25) is 0 Å². The second-order valence-electron chi connectivity index (χ2n) is 4.20. The van der Waals surface area contributed by atoms with E-state index < -0.39 is 0 Å². The molecule has 3 nitrogen and oxygen atoms in total. The Morgan fingerprint density at radius 1 is 1.50 bits per heavy atom. The fourth-order valence-electron chi connectivity index (χ4n) is 1.46. The van der Waals surface area contributed by atoms with Crippen molar-refractivity contribution >= 4 is 0 Å². The van der Waals surface area contributed by atoms with Crippen molar-refractivity contribution in [2.45, 2.75) is 40.2 Å². The van der Waals surface area contributed by atoms with Crippen LogP contribution in [0.3, 0.4) is 0 Å². The monoisotopic (exact) mass is 196 g/mol. The molecule has 0 saturated carbocycles. The average molecular weight is 196 g/mol. The molecule has 80 valence electrons. The first-order valence-corrected chi connectivity index (χ1v) is 5.25. The smallest absolute Gasteiger partial charge is 0.0521 e. The van der Waals surface area contributed by atoms with Crippen LogP contribution >= 0.6 is 0 Å². The van der Waals surface area contributed by atoms with Gasteiger partial charge < -0.3 is 5.11 Å². The zero-order valence-electron chi connectivity index (χ0n) is 9.32. The van der Waals surface area contributed by atoms with Crippen LogP contribution in [-0.4, -0.2) is 21.5 Å². The van der Waals surface area contributed by atoms with Gasteiger partial charge in [-0.2, -0.15) is 5.10 Å². The third-order valence-corrected chi connectivity index (χ3v) is 2.88. The molecular weight excluding hydrogens is 176 g/mol. The lowest BCUT2D eigenvalue weighted by Crippen LogP contribution is -2.22. The summed E-state index contributed by atoms with van der Waals surface area (Å²) in [7, 11) is 0. The largest absolute Gasteiger partial charge is 0.396 e. The van der Waals surface area contributed by atoms with Gasteiger partial charge in [-0.25, -0.2) is 0 Å². The molecule has 1 unspecified atom stereocenters. The molecule has 0 bridgehead atoms. The van der Waals surface area contributed by atoms with Crippen molar-refractivity contribution in [2.24, 2.45) is 5.41 Å². The maximum absolute atomic E-state index is 9.28. The average Bonchev–Trinajstić information content (AvgIpc) is 2.65. The molecule has 14 heavy (non-hydrogen) atoms. The summed E-state index contributed by atoms with van der Waals surface area (Å²) in [5.41, 5.74) is 1.21. The summed E-state index contributed by atoms with van der Waals surface area (Å²) in [6.45, 7) is 7.43. The third kappa shape index (κ3) is 2.58. The molecule has 0 amide bonds. The van der Waals surface area contributed by atoms with E-state index in [1.54, 1.807) is 0 Å². The highest BCUT2D eigenvalue weighted by molar-refractivity contribution is 5.07. The van der Waals surface area contributed by atoms with E-state index in [0.717, 1.165) is 19.4 Å². The van der Waals surface area contributed by atoms with E-state index in [2.05, 4.69) is 32.1 Å². The Balaban J connectivity index is 2.67. The molecule has 0 aromatic carbocycles. The normalized spacial score (nSPS) is 15.4. The number of rotatable bonds is 5. The lowest BCUT2D eigenvalue weighted by atomic mass is 9.83. The van der Waals surface area contributed by atoms with Crippen molar-refractivity contribution in [1.82, 2.24) is 9.78 Å². The van der Waals surface area contributed by atoms with Gasteiger partial charge in [-0.05, 0) is 30.7 Å². The van der Waals surface area contributed by atoms with Crippen molar-refractivity contribution < 1.29 is 5.11 Å². The summed E-state index contributed by atoms with van der Waals surface area (Å²) in [5.74, 6) is 0. The maximum atomic E-state index is 9.28. The molecule has 0 spiro atoms. The first-order chi connectivity index (χ1) is 6.63. The quantitative estimate of drug-likeness (QED) is 0.780. The number of aliphatic hydroxyl groups is 1. The zero-order valence-corrected chi connectivity index (χ0v) is 9.32. The topological polar surface area (TPSA) is 38.0 Å². The molecular formula is C11H20N2O. The van der Waals surface area contributed by atoms with Crippen LogP contribution in [0, 0.1) is 5.41 Å². The van der Waals surface area contributed by atoms with Crippen molar-refractivity contribution in [3.63, 3.8) is 0 Å². The molecule has 0 fully saturated rings. The predicted octanol–water partition coefficient (Wildman–Crippen LogP) is 1.85. The second-order valence-corrected chi connectivity index (χ2v) is 4.20. The summed E-state index contributed by atoms with van der Waals surface area (Å²) >= 11 is 0. The molecule has 1 aromatic heterocycles. The molecule has 1 N–H and O–H groups in total. The van der Waals surface area contributed by atoms with E-state index in [1.165, 1.54) is 5.56 Å². The van der Waals surface area contributed by atoms with Gasteiger partial charge in [0.05, 0.1) is 6.20 Å². The van der Waals surface area contributed by atoms with Crippen LogP contribution < -0.4 is 0 Å². The molecule has 0 aliphatic carbocycles. The molecule has 0 aliphatic heterocycles. The van der Waals surface area contributed by atoms with Gasteiger partial charge >= 0.3 is 0 Å². The third-order valence-electron chi connectivity index (χ3n) is 2.88. The van der Waals surface area contributed by atoms with E-state index in [-0.39, 0.29) is 12.0 Å². The van der Waals surface area contributed by atoms with Crippen molar-refractivity contribution in [2.75, 3.05) is 6.61 Å². The standard InChI is InChI=1S/C11H20N2O/c1-4-11(3,9-14)6-10-7-12-13(5-2)8-10/h7-8,14H,4-6,9H2,1-3H3. The second kappa shape index (κ2) is 4.60. The Hall–Kier alpha value is -0.830. The van der Waals surface area contributed by atoms with Gasteiger partial charge in [0, 0.05) is 19.3 Å². The summed E-state index contributed by atoms with van der Waals surface area (Å²) < 4.78 is 1.92. The number of aryl methyl sites for hydroxylation is 1. The minimum atomic E-state index is 0.00159. The van der Waals surface area contributed by atoms with Gasteiger partial charge in [0.25, 0.3) is 0 Å². The van der Waals surface area contributed by atoms with Gasteiger partial charge in [0.15, 0.2) is 0 Å². The van der Waals surface area contributed by atoms with Crippen LogP contribution in [0.25, 0.3) is 0 Å². The number of aromatic nitrogens is 2. The fourth-order valence-corrected chi connectivity index (χ4v) is 1.46. The number of hydrogen-bond donors (Lipinski definition) is 1. The van der Waals surface area contributed by atoms with Gasteiger partial charge in [-0.1, -0.05) is 13.8 Å². The number of nitrogens with zero attached hydrogens (tertiary/aromatic N) is 2. The Morgan fingerprint density at radius 3 is 2.64 bits per heavy atom. The first-order valence-electron chi connectivity index (χ1n) is 5.25. The van der Waals surface area contributed by atoms with Crippen LogP contribution in [0.15, 0.2) is 12.4 Å². The lowest BCUT2D eigenvalue weighted by Gasteiger charge is -2.24. The number of hydrogen-bond acceptors (Lipinski definition) is 2. The zero-order chi connectivity index (χ0) is 10.6. The van der Waals surface area contributed by atoms with Crippen LogP contribution in [0.4, 0.5) is 0 Å². The molecule has 0 saturated heterocycles. The van der Waals surface area contributed by atoms with Crippen LogP contribution in [0.2, 0.25) is 0 Å². The van der Waals surface area contributed by atoms with Crippen LogP contribution in [-0.2, 0) is 13.0 Å². The molecule has 1 aromatic rings. The SMILES string of the molecule is CCn1cc(CC(C)(CC)CO)cn1. The Labute approximate surface area is 85.8 Å². The fraction of sp³-hybridized carbons (Fsp3) is 0.727. The van der Waals surface area contributed by atoms with E-state index in [0.29, 0.717) is 0 Å². The van der Waals surface area contributed by atoms with Gasteiger partial charge in [-0.15, -0.1) is 0 Å². The minimum Gasteiger partial charge on any atom is -0.396 e. The molecule has 1 atom stereocenters. The predicted molar refractivity (Wildman–Crippen MR) is 57.1 cm³/mol. The summed E-state index contributed by atoms with van der Waals surface area (Å²) in [6.07, 6.45) is 5.84. The van der Waals surface area contributed by atoms with Crippen molar-refractivity contribution in [1.29, 1.82) is 0 Å². The summed E-state index contributed by atoms with van der Waals surface area (Å²) in [4.78, 5) is 0. The van der Waals surface area contributed by atoms with E-state index in [9.17, 15) is 5.11 Å². The Kier molecular flexibility index (Phi) is 3.69. The Bertz CT molecular complexity index is 277. The number of aliphatic hydroxyl groups excluding tert-OH is 1. The van der Waals surface area contributed by atoms with E-state index in [1.807, 2.05) is 10.9 Å². The maximum Gasteiger partial charge on any atom is 0.0521 e. The van der Waals surface area contributed by atoms with Crippen molar-refractivity contribution in [3.05, 3.63) is 18.0 Å². The molecule has 1 rings (SSSR count). The summed E-state index contributed by atoms with van der Waals surface area (Å²) in [5, 5.41) is 13.5. The van der Waals surface area contributed by atoms with Crippen LogP contribution in [0.5, 0.6) is 0 Å². The van der Waals surface area contributed by atoms with Gasteiger partial charge in [-0.3, -0.25) is 4.68 Å². The van der Waals surface area contributed by atoms with E-state index >= 15 is 0 Å². The highest BCUT2D eigenvalue weighted by Crippen LogP contribution is 2.25. The minimum absolute atomic E-state index is 0.00159. The summed E-state index contributed by atoms with van der Waals surface area (Å²) in [6, 6.07) is 0. The first kappa shape index (κ1) is 11.2. The molecule has 1 heterocycles. The lowest BCUT2D eigenvalue weighted by molar-refractivity contribution is 0.137. The molecule has 0 aliphatic rings. The highest BCUT2D eigenvalue weighted by atomic mass is 16.3. The molecule has 0 radical (unpaired) electrons. The van der Waals surface area contributed by atoms with Gasteiger partial charge in [0.1, 0.15) is 0 Å².